The van der Waals surface area contributed by atoms with E-state index in [0.717, 1.165) is 24.8 Å². The number of rotatable bonds is 6. The normalized spacial score (nSPS) is 16.8. The zero-order valence-corrected chi connectivity index (χ0v) is 20.7. The molecule has 0 bridgehead atoms. The maximum absolute atomic E-state index is 4.06. The monoisotopic (exact) mass is 472 g/mol. The van der Waals surface area contributed by atoms with Gasteiger partial charge in [-0.2, -0.15) is 0 Å². The summed E-state index contributed by atoms with van der Waals surface area (Å²) in [6.07, 6.45) is 16.4. The molecular weight excluding hydrogens is 440 g/mol. The van der Waals surface area contributed by atoms with E-state index >= 15 is 0 Å². The quantitative estimate of drug-likeness (QED) is 0.202. The van der Waals surface area contributed by atoms with Gasteiger partial charge in [0.15, 0.2) is 5.65 Å². The van der Waals surface area contributed by atoms with Gasteiger partial charge in [0, 0.05) is 0 Å². The van der Waals surface area contributed by atoms with Crippen LogP contribution in [0.5, 0.6) is 0 Å². The number of H-pyrrole nitrogens is 1. The van der Waals surface area contributed by atoms with Crippen molar-refractivity contribution in [3.63, 3.8) is 0 Å². The van der Waals surface area contributed by atoms with Crippen molar-refractivity contribution in [2.75, 3.05) is 0 Å². The van der Waals surface area contributed by atoms with Gasteiger partial charge in [0.05, 0.1) is 12.5 Å². The number of benzene rings is 3. The van der Waals surface area contributed by atoms with Gasteiger partial charge < -0.3 is 4.98 Å². The van der Waals surface area contributed by atoms with Crippen molar-refractivity contribution in [3.8, 4) is 0 Å². The van der Waals surface area contributed by atoms with Crippen molar-refractivity contribution in [2.45, 2.75) is 38.0 Å². The van der Waals surface area contributed by atoms with Crippen LogP contribution in [-0.4, -0.2) is 19.9 Å². The molecule has 6 rings (SSSR count). The number of hydrogen-bond acceptors (Lipinski definition) is 3. The fourth-order valence-electron chi connectivity index (χ4n) is 5.76. The van der Waals surface area contributed by atoms with E-state index in [-0.39, 0.29) is 0 Å². The maximum atomic E-state index is 4.06. The molecule has 5 aromatic rings. The molecule has 3 aromatic carbocycles. The fourth-order valence-corrected chi connectivity index (χ4v) is 5.76. The van der Waals surface area contributed by atoms with Gasteiger partial charge in [0.25, 0.3) is 0 Å². The molecule has 180 valence electrons. The topological polar surface area (TPSA) is 54.5 Å². The van der Waals surface area contributed by atoms with E-state index in [9.17, 15) is 0 Å². The van der Waals surface area contributed by atoms with Crippen molar-refractivity contribution in [1.82, 2.24) is 19.9 Å². The van der Waals surface area contributed by atoms with Crippen molar-refractivity contribution in [3.05, 3.63) is 116 Å². The first-order chi connectivity index (χ1) is 17.7. The van der Waals surface area contributed by atoms with Crippen LogP contribution in [0.4, 0.5) is 0 Å². The molecule has 0 saturated carbocycles. The SMILES string of the molecule is C=CCc1cc2c3c(ccc2c2ccccc12)CCC(CC=C)C3CC=C.c1ncc2[nH]cnc2n1. The lowest BCUT2D eigenvalue weighted by Crippen LogP contribution is -2.20. The third-order valence-corrected chi connectivity index (χ3v) is 7.34. The molecule has 2 unspecified atom stereocenters. The van der Waals surface area contributed by atoms with E-state index in [1.54, 1.807) is 18.1 Å². The number of imidazole rings is 1. The van der Waals surface area contributed by atoms with Crippen LogP contribution in [0.1, 0.15) is 41.9 Å². The number of aryl methyl sites for hydroxylation is 1. The van der Waals surface area contributed by atoms with Crippen molar-refractivity contribution in [2.24, 2.45) is 5.92 Å². The van der Waals surface area contributed by atoms with E-state index in [1.807, 2.05) is 6.08 Å². The smallest absolute Gasteiger partial charge is 0.180 e. The molecule has 1 aliphatic carbocycles. The van der Waals surface area contributed by atoms with Gasteiger partial charge in [0.1, 0.15) is 11.8 Å². The fraction of sp³-hybridized carbons (Fsp3) is 0.219. The molecule has 2 heterocycles. The second-order valence-corrected chi connectivity index (χ2v) is 9.42. The summed E-state index contributed by atoms with van der Waals surface area (Å²) in [4.78, 5) is 14.5. The van der Waals surface area contributed by atoms with Crippen LogP contribution >= 0.6 is 0 Å². The third kappa shape index (κ3) is 4.47. The maximum Gasteiger partial charge on any atom is 0.180 e. The minimum atomic E-state index is 0.533. The summed E-state index contributed by atoms with van der Waals surface area (Å²) in [6.45, 7) is 12.1. The van der Waals surface area contributed by atoms with Crippen LogP contribution < -0.4 is 0 Å². The molecular formula is C32H32N4. The Balaban J connectivity index is 0.000000247. The zero-order valence-electron chi connectivity index (χ0n) is 20.7. The standard InChI is InChI=1S/C27H28.C5H4N4/c1-4-9-19-14-15-20-16-17-25-24-13-8-7-12-22(24)21(10-5-2)18-26(25)27(20)23(19)11-6-3;1-4-5(8-2-6-1)9-3-7-4/h4-8,12-13,16-19,23H,1-3,9-11,14-15H2;1-3H,(H,6,7,8,9). The lowest BCUT2D eigenvalue weighted by Gasteiger charge is -2.34. The molecule has 1 aliphatic rings. The highest BCUT2D eigenvalue weighted by Gasteiger charge is 2.29. The van der Waals surface area contributed by atoms with Gasteiger partial charge in [-0.15, -0.1) is 19.7 Å². The summed E-state index contributed by atoms with van der Waals surface area (Å²) in [6, 6.07) is 16.0. The summed E-state index contributed by atoms with van der Waals surface area (Å²) in [7, 11) is 0. The van der Waals surface area contributed by atoms with Gasteiger partial charge in [-0.05, 0) is 88.2 Å². The number of nitrogens with one attached hydrogen (secondary N) is 1. The van der Waals surface area contributed by atoms with E-state index in [4.69, 9.17) is 0 Å². The molecule has 0 saturated heterocycles. The molecule has 1 N–H and O–H groups in total. The summed E-state index contributed by atoms with van der Waals surface area (Å²) >= 11 is 0. The summed E-state index contributed by atoms with van der Waals surface area (Å²) in [5, 5.41) is 5.52. The van der Waals surface area contributed by atoms with Gasteiger partial charge in [-0.3, -0.25) is 0 Å². The highest BCUT2D eigenvalue weighted by molar-refractivity contribution is 6.10. The third-order valence-electron chi connectivity index (χ3n) is 7.34. The van der Waals surface area contributed by atoms with Gasteiger partial charge in [-0.25, -0.2) is 15.0 Å². The lowest BCUT2D eigenvalue weighted by atomic mass is 9.70. The molecule has 36 heavy (non-hydrogen) atoms. The van der Waals surface area contributed by atoms with Gasteiger partial charge in [0.2, 0.25) is 0 Å². The molecule has 4 nitrogen and oxygen atoms in total. The van der Waals surface area contributed by atoms with Crippen LogP contribution in [-0.2, 0) is 12.8 Å². The largest absolute Gasteiger partial charge is 0.342 e. The average Bonchev–Trinajstić information content (AvgIpc) is 3.40. The Labute approximate surface area is 212 Å². The Bertz CT molecular complexity index is 1510. The molecule has 0 amide bonds. The lowest BCUT2D eigenvalue weighted by molar-refractivity contribution is 0.379. The number of aromatic amines is 1. The number of hydrogen-bond donors (Lipinski definition) is 1. The Kier molecular flexibility index (Phi) is 7.03. The van der Waals surface area contributed by atoms with E-state index in [1.165, 1.54) is 51.8 Å². The zero-order chi connectivity index (χ0) is 24.9. The Morgan fingerprint density at radius 3 is 2.47 bits per heavy atom. The Morgan fingerprint density at radius 2 is 1.69 bits per heavy atom. The number of fused-ring (bicyclic) bond motifs is 6. The number of aromatic nitrogens is 4. The Hall–Kier alpha value is -4.05. The molecule has 0 aliphatic heterocycles. The summed E-state index contributed by atoms with van der Waals surface area (Å²) < 4.78 is 0. The predicted molar refractivity (Wildman–Crippen MR) is 151 cm³/mol. The molecule has 2 aromatic heterocycles. The predicted octanol–water partition coefficient (Wildman–Crippen LogP) is 7.87. The molecule has 4 heteroatoms. The average molecular weight is 473 g/mol. The molecule has 0 fully saturated rings. The van der Waals surface area contributed by atoms with Gasteiger partial charge >= 0.3 is 0 Å². The van der Waals surface area contributed by atoms with Crippen LogP contribution in [0.2, 0.25) is 0 Å². The first-order valence-electron chi connectivity index (χ1n) is 12.6. The second kappa shape index (κ2) is 10.7. The molecule has 0 spiro atoms. The highest BCUT2D eigenvalue weighted by Crippen LogP contribution is 2.45. The first kappa shape index (κ1) is 23.7. The van der Waals surface area contributed by atoms with Gasteiger partial charge in [-0.1, -0.05) is 54.6 Å². The van der Waals surface area contributed by atoms with E-state index in [0.29, 0.717) is 17.5 Å². The van der Waals surface area contributed by atoms with Crippen LogP contribution in [0.15, 0.2) is 99.3 Å². The van der Waals surface area contributed by atoms with Crippen LogP contribution in [0, 0.1) is 5.92 Å². The van der Waals surface area contributed by atoms with Crippen molar-refractivity contribution < 1.29 is 0 Å². The molecule has 0 radical (unpaired) electrons. The second-order valence-electron chi connectivity index (χ2n) is 9.42. The van der Waals surface area contributed by atoms with Crippen LogP contribution in [0.25, 0.3) is 32.7 Å². The van der Waals surface area contributed by atoms with E-state index < -0.39 is 0 Å². The summed E-state index contributed by atoms with van der Waals surface area (Å²) in [5.41, 5.74) is 6.04. The van der Waals surface area contributed by atoms with E-state index in [2.05, 4.69) is 94.3 Å². The molecule has 2 atom stereocenters. The van der Waals surface area contributed by atoms with Crippen molar-refractivity contribution in [1.29, 1.82) is 0 Å². The highest BCUT2D eigenvalue weighted by atomic mass is 15.0. The van der Waals surface area contributed by atoms with Crippen LogP contribution in [0.3, 0.4) is 0 Å². The van der Waals surface area contributed by atoms with Crippen molar-refractivity contribution >= 4 is 32.7 Å². The number of nitrogens with zero attached hydrogens (tertiary/aromatic N) is 3. The summed E-state index contributed by atoms with van der Waals surface area (Å²) in [5.74, 6) is 1.19. The Morgan fingerprint density at radius 1 is 0.889 bits per heavy atom. The minimum absolute atomic E-state index is 0.533. The minimum Gasteiger partial charge on any atom is -0.342 e. The first-order valence-corrected chi connectivity index (χ1v) is 12.6. The number of allylic oxidation sites excluding steroid dienone is 3.